The zero-order chi connectivity index (χ0) is 11.1. The van der Waals surface area contributed by atoms with Crippen molar-refractivity contribution < 1.29 is 9.47 Å². The third kappa shape index (κ3) is 4.29. The highest BCUT2D eigenvalue weighted by atomic mass is 35.5. The van der Waals surface area contributed by atoms with E-state index >= 15 is 0 Å². The second-order valence-electron chi connectivity index (χ2n) is 3.37. The highest BCUT2D eigenvalue weighted by Crippen LogP contribution is 2.28. The molecule has 0 aromatic heterocycles. The van der Waals surface area contributed by atoms with Gasteiger partial charge >= 0.3 is 0 Å². The Hall–Kier alpha value is -0.930. The van der Waals surface area contributed by atoms with Crippen molar-refractivity contribution in [2.75, 3.05) is 20.3 Å². The third-order valence-electron chi connectivity index (χ3n) is 2.14. The summed E-state index contributed by atoms with van der Waals surface area (Å²) >= 11 is 0. The lowest BCUT2D eigenvalue weighted by atomic mass is 10.1. The fraction of sp³-hybridized carbons (Fsp3) is 0.500. The lowest BCUT2D eigenvalue weighted by Crippen LogP contribution is -2.11. The number of ether oxygens (including phenoxy) is 2. The molecule has 0 bridgehead atoms. The summed E-state index contributed by atoms with van der Waals surface area (Å²) in [6.07, 6.45) is 2.19. The molecule has 0 radical (unpaired) electrons. The lowest BCUT2D eigenvalue weighted by molar-refractivity contribution is 0.302. The maximum absolute atomic E-state index is 5.46. The molecule has 4 heteroatoms. The van der Waals surface area contributed by atoms with Gasteiger partial charge < -0.3 is 15.2 Å². The van der Waals surface area contributed by atoms with E-state index in [4.69, 9.17) is 15.2 Å². The van der Waals surface area contributed by atoms with E-state index in [-0.39, 0.29) is 12.4 Å². The maximum Gasteiger partial charge on any atom is 0.161 e. The Morgan fingerprint density at radius 3 is 2.56 bits per heavy atom. The van der Waals surface area contributed by atoms with Gasteiger partial charge in [-0.15, -0.1) is 12.4 Å². The standard InChI is InChI=1S/C12H19NO2.ClH/c1-3-4-10-5-6-11(15-8-7-13)12(9-10)14-2;/h5-6,9H,3-4,7-8,13H2,1-2H3;1H. The van der Waals surface area contributed by atoms with Crippen LogP contribution in [0.5, 0.6) is 11.5 Å². The van der Waals surface area contributed by atoms with Crippen molar-refractivity contribution >= 4 is 12.4 Å². The fourth-order valence-electron chi connectivity index (χ4n) is 1.44. The molecule has 0 aliphatic rings. The minimum Gasteiger partial charge on any atom is -0.493 e. The maximum atomic E-state index is 5.46. The van der Waals surface area contributed by atoms with Crippen molar-refractivity contribution in [3.8, 4) is 11.5 Å². The molecule has 0 saturated heterocycles. The van der Waals surface area contributed by atoms with Crippen LogP contribution in [0.4, 0.5) is 0 Å². The smallest absolute Gasteiger partial charge is 0.161 e. The normalized spacial score (nSPS) is 9.44. The molecule has 1 aromatic rings. The van der Waals surface area contributed by atoms with Crippen LogP contribution in [0.25, 0.3) is 0 Å². The topological polar surface area (TPSA) is 44.5 Å². The van der Waals surface area contributed by atoms with E-state index in [0.29, 0.717) is 13.2 Å². The summed E-state index contributed by atoms with van der Waals surface area (Å²) < 4.78 is 10.7. The van der Waals surface area contributed by atoms with Crippen LogP contribution in [0.2, 0.25) is 0 Å². The Kier molecular flexibility index (Phi) is 7.77. The molecule has 0 aliphatic carbocycles. The molecule has 1 rings (SSSR count). The molecule has 0 amide bonds. The number of rotatable bonds is 6. The number of hydrogen-bond donors (Lipinski definition) is 1. The number of halogens is 1. The van der Waals surface area contributed by atoms with E-state index in [1.165, 1.54) is 5.56 Å². The van der Waals surface area contributed by atoms with Gasteiger partial charge in [-0.1, -0.05) is 19.4 Å². The summed E-state index contributed by atoms with van der Waals surface area (Å²) in [6, 6.07) is 6.03. The largest absolute Gasteiger partial charge is 0.493 e. The molecule has 0 fully saturated rings. The Labute approximate surface area is 103 Å². The first kappa shape index (κ1) is 15.1. The van der Waals surface area contributed by atoms with E-state index in [0.717, 1.165) is 24.3 Å². The van der Waals surface area contributed by atoms with Gasteiger partial charge in [0.2, 0.25) is 0 Å². The van der Waals surface area contributed by atoms with E-state index in [1.807, 2.05) is 12.1 Å². The van der Waals surface area contributed by atoms with E-state index in [1.54, 1.807) is 7.11 Å². The van der Waals surface area contributed by atoms with Gasteiger partial charge in [-0.2, -0.15) is 0 Å². The molecule has 2 N–H and O–H groups in total. The van der Waals surface area contributed by atoms with Gasteiger partial charge in [-0.25, -0.2) is 0 Å². The van der Waals surface area contributed by atoms with Gasteiger partial charge in [0, 0.05) is 6.54 Å². The van der Waals surface area contributed by atoms with Crippen molar-refractivity contribution in [2.24, 2.45) is 5.73 Å². The van der Waals surface area contributed by atoms with Gasteiger partial charge in [-0.05, 0) is 24.1 Å². The first-order chi connectivity index (χ1) is 7.31. The number of aryl methyl sites for hydroxylation is 1. The van der Waals surface area contributed by atoms with Gasteiger partial charge in [-0.3, -0.25) is 0 Å². The van der Waals surface area contributed by atoms with Crippen LogP contribution < -0.4 is 15.2 Å². The van der Waals surface area contributed by atoms with Crippen molar-refractivity contribution in [3.05, 3.63) is 23.8 Å². The van der Waals surface area contributed by atoms with Crippen LogP contribution >= 0.6 is 12.4 Å². The zero-order valence-electron chi connectivity index (χ0n) is 9.86. The van der Waals surface area contributed by atoms with Crippen LogP contribution in [0.3, 0.4) is 0 Å². The molecule has 0 heterocycles. The summed E-state index contributed by atoms with van der Waals surface area (Å²) in [5, 5.41) is 0. The molecular weight excluding hydrogens is 226 g/mol. The van der Waals surface area contributed by atoms with Crippen molar-refractivity contribution in [2.45, 2.75) is 19.8 Å². The average molecular weight is 246 g/mol. The van der Waals surface area contributed by atoms with Crippen molar-refractivity contribution in [1.29, 1.82) is 0 Å². The van der Waals surface area contributed by atoms with Crippen molar-refractivity contribution in [1.82, 2.24) is 0 Å². The molecule has 0 saturated carbocycles. The first-order valence-corrected chi connectivity index (χ1v) is 5.31. The first-order valence-electron chi connectivity index (χ1n) is 5.31. The predicted octanol–water partition coefficient (Wildman–Crippen LogP) is 2.41. The quantitative estimate of drug-likeness (QED) is 0.837. The monoisotopic (exact) mass is 245 g/mol. The van der Waals surface area contributed by atoms with Crippen LogP contribution in [-0.2, 0) is 6.42 Å². The van der Waals surface area contributed by atoms with Gasteiger partial charge in [0.05, 0.1) is 7.11 Å². The Morgan fingerprint density at radius 2 is 2.00 bits per heavy atom. The average Bonchev–Trinajstić information content (AvgIpc) is 2.27. The Morgan fingerprint density at radius 1 is 1.25 bits per heavy atom. The number of nitrogens with two attached hydrogens (primary N) is 1. The molecule has 0 atom stereocenters. The molecular formula is C12H20ClNO2. The molecule has 0 aliphatic heterocycles. The minimum atomic E-state index is 0. The van der Waals surface area contributed by atoms with Crippen molar-refractivity contribution in [3.63, 3.8) is 0 Å². The molecule has 1 aromatic carbocycles. The molecule has 92 valence electrons. The van der Waals surface area contributed by atoms with Crippen LogP contribution in [0, 0.1) is 0 Å². The second kappa shape index (κ2) is 8.25. The highest BCUT2D eigenvalue weighted by Gasteiger charge is 2.04. The minimum absolute atomic E-state index is 0. The zero-order valence-corrected chi connectivity index (χ0v) is 10.7. The molecule has 3 nitrogen and oxygen atoms in total. The molecule has 0 unspecified atom stereocenters. The summed E-state index contributed by atoms with van der Waals surface area (Å²) in [5.41, 5.74) is 6.65. The lowest BCUT2D eigenvalue weighted by Gasteiger charge is -2.11. The second-order valence-corrected chi connectivity index (χ2v) is 3.37. The van der Waals surface area contributed by atoms with Crippen LogP contribution in [0.15, 0.2) is 18.2 Å². The van der Waals surface area contributed by atoms with E-state index in [9.17, 15) is 0 Å². The Bertz CT molecular complexity index is 305. The summed E-state index contributed by atoms with van der Waals surface area (Å²) in [4.78, 5) is 0. The highest BCUT2D eigenvalue weighted by molar-refractivity contribution is 5.85. The van der Waals surface area contributed by atoms with Gasteiger partial charge in [0.15, 0.2) is 11.5 Å². The summed E-state index contributed by atoms with van der Waals surface area (Å²) in [7, 11) is 1.65. The Balaban J connectivity index is 0.00000225. The predicted molar refractivity (Wildman–Crippen MR) is 68.8 cm³/mol. The summed E-state index contributed by atoms with van der Waals surface area (Å²) in [6.45, 7) is 3.19. The third-order valence-corrected chi connectivity index (χ3v) is 2.14. The number of methoxy groups -OCH3 is 1. The molecule has 0 spiro atoms. The fourth-order valence-corrected chi connectivity index (χ4v) is 1.44. The van der Waals surface area contributed by atoms with E-state index < -0.39 is 0 Å². The van der Waals surface area contributed by atoms with Gasteiger partial charge in [0.25, 0.3) is 0 Å². The van der Waals surface area contributed by atoms with E-state index in [2.05, 4.69) is 13.0 Å². The number of hydrogen-bond acceptors (Lipinski definition) is 3. The SMILES string of the molecule is CCCc1ccc(OCCN)c(OC)c1.Cl. The van der Waals surface area contributed by atoms with Crippen LogP contribution in [0.1, 0.15) is 18.9 Å². The number of benzene rings is 1. The summed E-state index contributed by atoms with van der Waals surface area (Å²) in [5.74, 6) is 1.55. The molecule has 16 heavy (non-hydrogen) atoms. The van der Waals surface area contributed by atoms with Crippen LogP contribution in [-0.4, -0.2) is 20.3 Å². The van der Waals surface area contributed by atoms with Gasteiger partial charge in [0.1, 0.15) is 6.61 Å².